The first-order valence-electron chi connectivity index (χ1n) is 8.81. The van der Waals surface area contributed by atoms with Crippen LogP contribution in [0.15, 0.2) is 35.9 Å². The lowest BCUT2D eigenvalue weighted by atomic mass is 9.97. The Bertz CT molecular complexity index is 792. The van der Waals surface area contributed by atoms with Crippen molar-refractivity contribution in [2.75, 3.05) is 24.7 Å². The highest BCUT2D eigenvalue weighted by atomic mass is 32.2. The van der Waals surface area contributed by atoms with Crippen molar-refractivity contribution < 1.29 is 13.2 Å². The van der Waals surface area contributed by atoms with E-state index in [0.717, 1.165) is 25.7 Å². The fraction of sp³-hybridized carbons (Fsp3) is 0.474. The summed E-state index contributed by atoms with van der Waals surface area (Å²) >= 11 is 0. The first-order chi connectivity index (χ1) is 12.4. The Morgan fingerprint density at radius 1 is 1.23 bits per heavy atom. The van der Waals surface area contributed by atoms with E-state index in [1.54, 1.807) is 24.3 Å². The molecule has 0 unspecified atom stereocenters. The van der Waals surface area contributed by atoms with Crippen LogP contribution in [-0.2, 0) is 14.8 Å². The van der Waals surface area contributed by atoms with Gasteiger partial charge in [0.2, 0.25) is 15.9 Å². The van der Waals surface area contributed by atoms with Gasteiger partial charge in [-0.05, 0) is 56.4 Å². The Kier molecular flexibility index (Phi) is 7.37. The lowest BCUT2D eigenvalue weighted by molar-refractivity contribution is -0.116. The van der Waals surface area contributed by atoms with Gasteiger partial charge in [0.05, 0.1) is 17.9 Å². The van der Waals surface area contributed by atoms with Gasteiger partial charge in [0.25, 0.3) is 0 Å². The first kappa shape index (κ1) is 20.1. The summed E-state index contributed by atoms with van der Waals surface area (Å²) < 4.78 is 25.4. The smallest absolute Gasteiger partial charge is 0.225 e. The van der Waals surface area contributed by atoms with Gasteiger partial charge in [0.1, 0.15) is 0 Å². The number of amides is 1. The monoisotopic (exact) mass is 375 g/mol. The van der Waals surface area contributed by atoms with Crippen molar-refractivity contribution in [3.8, 4) is 6.07 Å². The molecule has 26 heavy (non-hydrogen) atoms. The zero-order valence-corrected chi connectivity index (χ0v) is 15.9. The molecule has 1 aromatic rings. The summed E-state index contributed by atoms with van der Waals surface area (Å²) in [5.41, 5.74) is 2.42. The number of nitrogens with zero attached hydrogens (tertiary/aromatic N) is 2. The Morgan fingerprint density at radius 2 is 1.96 bits per heavy atom. The average molecular weight is 375 g/mol. The quantitative estimate of drug-likeness (QED) is 0.707. The third kappa shape index (κ3) is 6.62. The van der Waals surface area contributed by atoms with Crippen molar-refractivity contribution in [2.24, 2.45) is 0 Å². The molecule has 0 spiro atoms. The van der Waals surface area contributed by atoms with Crippen LogP contribution in [0.1, 0.15) is 44.1 Å². The molecule has 1 amide bonds. The van der Waals surface area contributed by atoms with Gasteiger partial charge in [-0.25, -0.2) is 12.7 Å². The highest BCUT2D eigenvalue weighted by Gasteiger charge is 2.18. The first-order valence-corrected chi connectivity index (χ1v) is 10.7. The number of hydrogen-bond donors (Lipinski definition) is 1. The number of nitriles is 1. The standard InChI is InChI=1S/C19H25N3O3S/c1-26(24,25)22(13-11-16-5-3-2-4-6-16)14-12-19(23)21-18-9-7-17(15-20)8-10-18/h5,7-10H,2-4,6,11-14H2,1H3,(H,21,23). The van der Waals surface area contributed by atoms with Gasteiger partial charge in [-0.3, -0.25) is 4.79 Å². The van der Waals surface area contributed by atoms with Crippen LogP contribution in [0.25, 0.3) is 0 Å². The molecule has 7 heteroatoms. The zero-order chi connectivity index (χ0) is 19.0. The number of hydrogen-bond acceptors (Lipinski definition) is 4. The third-order valence-corrected chi connectivity index (χ3v) is 5.73. The lowest BCUT2D eigenvalue weighted by Gasteiger charge is -2.21. The Labute approximate surface area is 155 Å². The number of benzene rings is 1. The maximum Gasteiger partial charge on any atom is 0.225 e. The molecule has 0 saturated carbocycles. The highest BCUT2D eigenvalue weighted by molar-refractivity contribution is 7.88. The minimum atomic E-state index is -3.35. The second-order valence-corrected chi connectivity index (χ2v) is 8.49. The summed E-state index contributed by atoms with van der Waals surface area (Å²) in [5.74, 6) is -0.250. The van der Waals surface area contributed by atoms with Crippen LogP contribution < -0.4 is 5.32 Å². The number of anilines is 1. The SMILES string of the molecule is CS(=O)(=O)N(CCC(=O)Nc1ccc(C#N)cc1)CCC1=CCCCC1. The van der Waals surface area contributed by atoms with Crippen LogP contribution >= 0.6 is 0 Å². The summed E-state index contributed by atoms with van der Waals surface area (Å²) in [5, 5.41) is 11.5. The summed E-state index contributed by atoms with van der Waals surface area (Å²) in [7, 11) is -3.35. The van der Waals surface area contributed by atoms with Crippen LogP contribution in [0, 0.1) is 11.3 Å². The normalized spacial score (nSPS) is 14.6. The minimum absolute atomic E-state index is 0.0894. The molecule has 140 valence electrons. The molecule has 1 aromatic carbocycles. The second kappa shape index (κ2) is 9.51. The highest BCUT2D eigenvalue weighted by Crippen LogP contribution is 2.20. The third-order valence-electron chi connectivity index (χ3n) is 4.42. The van der Waals surface area contributed by atoms with Crippen molar-refractivity contribution in [1.82, 2.24) is 4.31 Å². The van der Waals surface area contributed by atoms with E-state index in [1.165, 1.54) is 22.6 Å². The fourth-order valence-electron chi connectivity index (χ4n) is 2.92. The minimum Gasteiger partial charge on any atom is -0.326 e. The Hall–Kier alpha value is -2.17. The maximum atomic E-state index is 12.1. The van der Waals surface area contributed by atoms with Gasteiger partial charge in [-0.2, -0.15) is 5.26 Å². The number of carbonyl (C=O) groups excluding carboxylic acids is 1. The predicted octanol–water partition coefficient (Wildman–Crippen LogP) is 3.04. The van der Waals surface area contributed by atoms with Crippen LogP contribution in [0.4, 0.5) is 5.69 Å². The summed E-state index contributed by atoms with van der Waals surface area (Å²) in [4.78, 5) is 12.1. The van der Waals surface area contributed by atoms with E-state index in [0.29, 0.717) is 17.8 Å². The van der Waals surface area contributed by atoms with E-state index >= 15 is 0 Å². The second-order valence-electron chi connectivity index (χ2n) is 6.51. The Balaban J connectivity index is 1.86. The summed E-state index contributed by atoms with van der Waals surface area (Å²) in [6.45, 7) is 0.572. The van der Waals surface area contributed by atoms with E-state index in [-0.39, 0.29) is 18.9 Å². The molecule has 6 nitrogen and oxygen atoms in total. The zero-order valence-electron chi connectivity index (χ0n) is 15.1. The Morgan fingerprint density at radius 3 is 2.54 bits per heavy atom. The molecule has 2 rings (SSSR count). The number of carbonyl (C=O) groups is 1. The van der Waals surface area contributed by atoms with Crippen molar-refractivity contribution >= 4 is 21.6 Å². The molecule has 0 aliphatic heterocycles. The van der Waals surface area contributed by atoms with Crippen molar-refractivity contribution in [1.29, 1.82) is 5.26 Å². The maximum absolute atomic E-state index is 12.1. The molecule has 1 N–H and O–H groups in total. The van der Waals surface area contributed by atoms with Gasteiger partial charge >= 0.3 is 0 Å². The van der Waals surface area contributed by atoms with E-state index in [9.17, 15) is 13.2 Å². The predicted molar refractivity (Wildman–Crippen MR) is 102 cm³/mol. The van der Waals surface area contributed by atoms with E-state index in [1.807, 2.05) is 6.07 Å². The molecule has 0 bridgehead atoms. The van der Waals surface area contributed by atoms with Crippen LogP contribution in [-0.4, -0.2) is 38.0 Å². The van der Waals surface area contributed by atoms with Crippen LogP contribution in [0.3, 0.4) is 0 Å². The van der Waals surface area contributed by atoms with Gasteiger partial charge in [0, 0.05) is 25.2 Å². The topological polar surface area (TPSA) is 90.3 Å². The summed E-state index contributed by atoms with van der Waals surface area (Å²) in [6.07, 6.45) is 8.68. The largest absolute Gasteiger partial charge is 0.326 e. The number of rotatable bonds is 8. The number of nitrogens with one attached hydrogen (secondary N) is 1. The van der Waals surface area contributed by atoms with Crippen LogP contribution in [0.5, 0.6) is 0 Å². The van der Waals surface area contributed by atoms with Gasteiger partial charge in [0.15, 0.2) is 0 Å². The van der Waals surface area contributed by atoms with Gasteiger partial charge < -0.3 is 5.32 Å². The van der Waals surface area contributed by atoms with Gasteiger partial charge in [-0.1, -0.05) is 11.6 Å². The fourth-order valence-corrected chi connectivity index (χ4v) is 3.77. The van der Waals surface area contributed by atoms with E-state index in [4.69, 9.17) is 5.26 Å². The van der Waals surface area contributed by atoms with Crippen molar-refractivity contribution in [2.45, 2.75) is 38.5 Å². The molecule has 0 saturated heterocycles. The van der Waals surface area contributed by atoms with E-state index < -0.39 is 10.0 Å². The van der Waals surface area contributed by atoms with E-state index in [2.05, 4.69) is 11.4 Å². The number of sulfonamides is 1. The van der Waals surface area contributed by atoms with Crippen molar-refractivity contribution in [3.05, 3.63) is 41.5 Å². The average Bonchev–Trinajstić information content (AvgIpc) is 2.62. The molecule has 0 atom stereocenters. The van der Waals surface area contributed by atoms with Gasteiger partial charge in [-0.15, -0.1) is 0 Å². The molecular weight excluding hydrogens is 350 g/mol. The number of allylic oxidation sites excluding steroid dienone is 1. The summed E-state index contributed by atoms with van der Waals surface area (Å²) in [6, 6.07) is 8.56. The molecule has 1 aliphatic rings. The van der Waals surface area contributed by atoms with Crippen LogP contribution in [0.2, 0.25) is 0 Å². The molecule has 0 aromatic heterocycles. The van der Waals surface area contributed by atoms with Crippen molar-refractivity contribution in [3.63, 3.8) is 0 Å². The molecular formula is C19H25N3O3S. The molecule has 1 aliphatic carbocycles. The molecule has 0 radical (unpaired) electrons. The molecule has 0 heterocycles. The lowest BCUT2D eigenvalue weighted by Crippen LogP contribution is -2.34. The molecule has 0 fully saturated rings.